The number of amides is 3. The summed E-state index contributed by atoms with van der Waals surface area (Å²) in [6.07, 6.45) is -0.756. The van der Waals surface area contributed by atoms with Gasteiger partial charge in [0.1, 0.15) is 0 Å². The van der Waals surface area contributed by atoms with E-state index in [9.17, 15) is 22.8 Å². The molecule has 9 nitrogen and oxygen atoms in total. The number of carbonyl (C=O) groups is 3. The number of hydrogen-bond donors (Lipinski definition) is 1. The van der Waals surface area contributed by atoms with E-state index in [0.717, 1.165) is 9.21 Å². The Hall–Kier alpha value is -3.24. The summed E-state index contributed by atoms with van der Waals surface area (Å²) in [6, 6.07) is 13.7. The minimum Gasteiger partial charge on any atom is -0.439 e. The molecule has 0 radical (unpaired) electrons. The van der Waals surface area contributed by atoms with Crippen molar-refractivity contribution in [3.63, 3.8) is 0 Å². The Morgan fingerprint density at radius 3 is 2.27 bits per heavy atom. The highest BCUT2D eigenvalue weighted by atomic mass is 32.2. The van der Waals surface area contributed by atoms with Gasteiger partial charge in [-0.05, 0) is 29.8 Å². The van der Waals surface area contributed by atoms with Crippen LogP contribution in [0.5, 0.6) is 0 Å². The molecule has 0 spiro atoms. The highest BCUT2D eigenvalue weighted by Gasteiger charge is 2.33. The third-order valence-corrected chi connectivity index (χ3v) is 6.44. The van der Waals surface area contributed by atoms with E-state index in [1.54, 1.807) is 24.3 Å². The second kappa shape index (κ2) is 8.64. The summed E-state index contributed by atoms with van der Waals surface area (Å²) in [5.74, 6) is -0.953. The van der Waals surface area contributed by atoms with Crippen LogP contribution in [0.4, 0.5) is 4.79 Å². The summed E-state index contributed by atoms with van der Waals surface area (Å²) < 4.78 is 30.2. The molecule has 1 N–H and O–H groups in total. The van der Waals surface area contributed by atoms with Crippen LogP contribution in [0.1, 0.15) is 22.0 Å². The van der Waals surface area contributed by atoms with E-state index in [0.29, 0.717) is 5.56 Å². The van der Waals surface area contributed by atoms with Gasteiger partial charge in [-0.1, -0.05) is 30.3 Å². The smallest absolute Gasteiger partial charge is 0.417 e. The van der Waals surface area contributed by atoms with Crippen molar-refractivity contribution < 1.29 is 27.5 Å². The Balaban J connectivity index is 1.81. The number of ether oxygens (including phenoxy) is 1. The molecule has 1 atom stereocenters. The van der Waals surface area contributed by atoms with Gasteiger partial charge in [0.05, 0.1) is 17.5 Å². The van der Waals surface area contributed by atoms with Crippen LogP contribution in [0.15, 0.2) is 59.5 Å². The summed E-state index contributed by atoms with van der Waals surface area (Å²) >= 11 is 0. The standard InChI is InChI=1S/C20H21N3O6S/c1-22(2)30(27,28)16-10-8-15(9-11-16)19(25)21-17(14-6-4-3-5-7-14)12-23-18(24)13-29-20(23)26/h3-11,17H,12-13H2,1-2H3,(H,21,25). The molecule has 3 amide bonds. The van der Waals surface area contributed by atoms with Gasteiger partial charge >= 0.3 is 6.09 Å². The fourth-order valence-electron chi connectivity index (χ4n) is 2.89. The Morgan fingerprint density at radius 2 is 1.73 bits per heavy atom. The number of cyclic esters (lactones) is 1. The maximum absolute atomic E-state index is 12.8. The highest BCUT2D eigenvalue weighted by molar-refractivity contribution is 7.89. The molecule has 2 aromatic rings. The second-order valence-corrected chi connectivity index (χ2v) is 8.96. The first-order valence-corrected chi connectivity index (χ1v) is 10.5. The van der Waals surface area contributed by atoms with Crippen LogP contribution in [0, 0.1) is 0 Å². The molecule has 158 valence electrons. The van der Waals surface area contributed by atoms with E-state index in [4.69, 9.17) is 4.74 Å². The molecule has 1 fully saturated rings. The molecule has 10 heteroatoms. The molecule has 1 aliphatic rings. The first kappa shape index (κ1) is 21.5. The van der Waals surface area contributed by atoms with Crippen molar-refractivity contribution in [2.45, 2.75) is 10.9 Å². The average Bonchev–Trinajstić information content (AvgIpc) is 3.05. The largest absolute Gasteiger partial charge is 0.439 e. The van der Waals surface area contributed by atoms with Crippen LogP contribution in [0.3, 0.4) is 0 Å². The monoisotopic (exact) mass is 431 g/mol. The molecule has 0 bridgehead atoms. The fourth-order valence-corrected chi connectivity index (χ4v) is 3.79. The Labute approximate surface area is 174 Å². The summed E-state index contributed by atoms with van der Waals surface area (Å²) in [6.45, 7) is -0.406. The maximum Gasteiger partial charge on any atom is 0.417 e. The lowest BCUT2D eigenvalue weighted by molar-refractivity contribution is -0.126. The van der Waals surface area contributed by atoms with Gasteiger partial charge in [0.15, 0.2) is 6.61 Å². The number of imide groups is 1. The van der Waals surface area contributed by atoms with Crippen molar-refractivity contribution >= 4 is 27.9 Å². The zero-order valence-electron chi connectivity index (χ0n) is 16.4. The Kier molecular flexibility index (Phi) is 6.18. The summed E-state index contributed by atoms with van der Waals surface area (Å²) in [7, 11) is -0.764. The fraction of sp³-hybridized carbons (Fsp3) is 0.250. The quantitative estimate of drug-likeness (QED) is 0.709. The normalized spacial score (nSPS) is 15.2. The van der Waals surface area contributed by atoms with Crippen molar-refractivity contribution in [2.75, 3.05) is 27.2 Å². The third kappa shape index (κ3) is 4.50. The number of nitrogens with one attached hydrogen (secondary N) is 1. The lowest BCUT2D eigenvalue weighted by Gasteiger charge is -2.23. The highest BCUT2D eigenvalue weighted by Crippen LogP contribution is 2.19. The molecule has 0 aromatic heterocycles. The van der Waals surface area contributed by atoms with Crippen molar-refractivity contribution in [2.24, 2.45) is 0 Å². The Bertz CT molecular complexity index is 1040. The second-order valence-electron chi connectivity index (χ2n) is 6.81. The van der Waals surface area contributed by atoms with Crippen LogP contribution in [0.2, 0.25) is 0 Å². The average molecular weight is 431 g/mol. The van der Waals surface area contributed by atoms with Gasteiger partial charge in [0.25, 0.3) is 11.8 Å². The lowest BCUT2D eigenvalue weighted by atomic mass is 10.1. The molecule has 1 unspecified atom stereocenters. The number of hydrogen-bond acceptors (Lipinski definition) is 6. The van der Waals surface area contributed by atoms with Crippen molar-refractivity contribution in [3.8, 4) is 0 Å². The van der Waals surface area contributed by atoms with Crippen LogP contribution >= 0.6 is 0 Å². The van der Waals surface area contributed by atoms with Gasteiger partial charge in [-0.25, -0.2) is 22.4 Å². The molecule has 1 saturated heterocycles. The maximum atomic E-state index is 12.8. The molecule has 30 heavy (non-hydrogen) atoms. The van der Waals surface area contributed by atoms with E-state index in [2.05, 4.69) is 5.32 Å². The van der Waals surface area contributed by atoms with Gasteiger partial charge in [0.2, 0.25) is 10.0 Å². The number of nitrogens with zero attached hydrogens (tertiary/aromatic N) is 2. The van der Waals surface area contributed by atoms with E-state index >= 15 is 0 Å². The zero-order chi connectivity index (χ0) is 21.9. The Morgan fingerprint density at radius 1 is 1.10 bits per heavy atom. The molecular weight excluding hydrogens is 410 g/mol. The van der Waals surface area contributed by atoms with Crippen molar-refractivity contribution in [1.29, 1.82) is 0 Å². The number of sulfonamides is 1. The topological polar surface area (TPSA) is 113 Å². The van der Waals surface area contributed by atoms with Gasteiger partial charge in [0, 0.05) is 19.7 Å². The number of benzene rings is 2. The summed E-state index contributed by atoms with van der Waals surface area (Å²) in [5, 5.41) is 2.80. The van der Waals surface area contributed by atoms with Crippen LogP contribution in [0.25, 0.3) is 0 Å². The molecular formula is C20H21N3O6S. The molecule has 0 aliphatic carbocycles. The van der Waals surface area contributed by atoms with Gasteiger partial charge in [-0.2, -0.15) is 0 Å². The van der Waals surface area contributed by atoms with Gasteiger partial charge in [-0.3, -0.25) is 9.59 Å². The minimum atomic E-state index is -3.61. The number of carbonyl (C=O) groups excluding carboxylic acids is 3. The van der Waals surface area contributed by atoms with Crippen molar-refractivity contribution in [1.82, 2.24) is 14.5 Å². The van der Waals surface area contributed by atoms with Crippen LogP contribution in [-0.2, 0) is 19.6 Å². The van der Waals surface area contributed by atoms with Crippen molar-refractivity contribution in [3.05, 3.63) is 65.7 Å². The predicted octanol–water partition coefficient (Wildman–Crippen LogP) is 1.39. The SMILES string of the molecule is CN(C)S(=O)(=O)c1ccc(C(=O)NC(CN2C(=O)COC2=O)c2ccccc2)cc1. The van der Waals surface area contributed by atoms with Gasteiger partial charge in [-0.15, -0.1) is 0 Å². The number of rotatable bonds is 7. The van der Waals surface area contributed by atoms with E-state index < -0.39 is 34.0 Å². The first-order valence-electron chi connectivity index (χ1n) is 9.05. The van der Waals surface area contributed by atoms with Crippen LogP contribution < -0.4 is 5.32 Å². The van der Waals surface area contributed by atoms with Crippen LogP contribution in [-0.4, -0.2) is 62.8 Å². The molecule has 1 aliphatic heterocycles. The van der Waals surface area contributed by atoms with E-state index in [1.165, 1.54) is 38.4 Å². The summed E-state index contributed by atoms with van der Waals surface area (Å²) in [4.78, 5) is 37.5. The van der Waals surface area contributed by atoms with E-state index in [-0.39, 0.29) is 23.6 Å². The van der Waals surface area contributed by atoms with E-state index in [1.807, 2.05) is 6.07 Å². The molecule has 3 rings (SSSR count). The summed E-state index contributed by atoms with van der Waals surface area (Å²) in [5.41, 5.74) is 0.939. The molecule has 2 aromatic carbocycles. The minimum absolute atomic E-state index is 0.0640. The first-order chi connectivity index (χ1) is 14.2. The third-order valence-electron chi connectivity index (χ3n) is 4.61. The predicted molar refractivity (Wildman–Crippen MR) is 107 cm³/mol. The molecule has 1 heterocycles. The lowest BCUT2D eigenvalue weighted by Crippen LogP contribution is -2.40. The molecule has 0 saturated carbocycles. The zero-order valence-corrected chi connectivity index (χ0v) is 17.3. The van der Waals surface area contributed by atoms with Gasteiger partial charge < -0.3 is 10.1 Å².